The molecule has 0 unspecified atom stereocenters. The lowest BCUT2D eigenvalue weighted by Gasteiger charge is -2.24. The van der Waals surface area contributed by atoms with E-state index in [1.165, 1.54) is 11.8 Å². The number of nitrogens with one attached hydrogen (secondary N) is 1. The SMILES string of the molecule is O=C1C[C@H](c2ccccc2)N=C(SCC(=O)N(c2ccccc2)c2ccccc2)N1. The summed E-state index contributed by atoms with van der Waals surface area (Å²) in [6.07, 6.45) is 0.308. The molecule has 2 amide bonds. The third-order valence-corrected chi connectivity index (χ3v) is 5.57. The summed E-state index contributed by atoms with van der Waals surface area (Å²) >= 11 is 1.25. The van der Waals surface area contributed by atoms with Gasteiger partial charge in [0, 0.05) is 11.4 Å². The Hall–Kier alpha value is -3.38. The minimum atomic E-state index is -0.225. The van der Waals surface area contributed by atoms with Crippen molar-refractivity contribution in [3.05, 3.63) is 96.6 Å². The van der Waals surface area contributed by atoms with E-state index in [4.69, 9.17) is 0 Å². The van der Waals surface area contributed by atoms with Gasteiger partial charge >= 0.3 is 0 Å². The lowest BCUT2D eigenvalue weighted by molar-refractivity contribution is -0.120. The second-order valence-electron chi connectivity index (χ2n) is 6.80. The highest BCUT2D eigenvalue weighted by atomic mass is 32.2. The van der Waals surface area contributed by atoms with E-state index >= 15 is 0 Å². The number of hydrogen-bond donors (Lipinski definition) is 1. The van der Waals surface area contributed by atoms with E-state index in [-0.39, 0.29) is 23.6 Å². The van der Waals surface area contributed by atoms with Gasteiger partial charge in [0.05, 0.1) is 18.2 Å². The molecule has 0 spiro atoms. The maximum Gasteiger partial charge on any atom is 0.242 e. The molecule has 1 heterocycles. The number of nitrogens with zero attached hydrogens (tertiary/aromatic N) is 2. The van der Waals surface area contributed by atoms with E-state index in [9.17, 15) is 9.59 Å². The first-order chi connectivity index (χ1) is 14.7. The van der Waals surface area contributed by atoms with E-state index in [0.29, 0.717) is 11.6 Å². The number of benzene rings is 3. The molecule has 1 aliphatic rings. The molecule has 0 radical (unpaired) electrons. The fourth-order valence-corrected chi connectivity index (χ4v) is 4.07. The van der Waals surface area contributed by atoms with Gasteiger partial charge in [0.25, 0.3) is 0 Å². The summed E-state index contributed by atoms with van der Waals surface area (Å²) in [5.74, 6) is -0.0160. The Morgan fingerprint density at radius 3 is 2.00 bits per heavy atom. The number of carbonyl (C=O) groups excluding carboxylic acids is 2. The Kier molecular flexibility index (Phi) is 6.25. The van der Waals surface area contributed by atoms with Crippen LogP contribution in [0.3, 0.4) is 0 Å². The number of anilines is 2. The van der Waals surface area contributed by atoms with Gasteiger partial charge in [-0.05, 0) is 29.8 Å². The van der Waals surface area contributed by atoms with Crippen molar-refractivity contribution >= 4 is 40.1 Å². The highest BCUT2D eigenvalue weighted by molar-refractivity contribution is 8.14. The summed E-state index contributed by atoms with van der Waals surface area (Å²) in [5.41, 5.74) is 2.59. The van der Waals surface area contributed by atoms with Crippen LogP contribution in [0.4, 0.5) is 11.4 Å². The maximum absolute atomic E-state index is 13.2. The second-order valence-corrected chi connectivity index (χ2v) is 7.77. The predicted molar refractivity (Wildman–Crippen MR) is 122 cm³/mol. The zero-order valence-electron chi connectivity index (χ0n) is 16.3. The Bertz CT molecular complexity index is 1000. The van der Waals surface area contributed by atoms with Crippen LogP contribution in [0.25, 0.3) is 0 Å². The van der Waals surface area contributed by atoms with Crippen LogP contribution in [-0.2, 0) is 9.59 Å². The van der Waals surface area contributed by atoms with Gasteiger partial charge in [0.2, 0.25) is 11.8 Å². The zero-order valence-corrected chi connectivity index (χ0v) is 17.1. The van der Waals surface area contributed by atoms with Crippen molar-refractivity contribution in [3.63, 3.8) is 0 Å². The summed E-state index contributed by atoms with van der Waals surface area (Å²) in [6, 6.07) is 28.6. The third-order valence-electron chi connectivity index (χ3n) is 4.69. The molecule has 3 aromatic rings. The molecule has 30 heavy (non-hydrogen) atoms. The van der Waals surface area contributed by atoms with Crippen LogP contribution in [0.2, 0.25) is 0 Å². The lowest BCUT2D eigenvalue weighted by Crippen LogP contribution is -2.36. The van der Waals surface area contributed by atoms with E-state index in [2.05, 4.69) is 10.3 Å². The number of hydrogen-bond acceptors (Lipinski definition) is 4. The van der Waals surface area contributed by atoms with Crippen molar-refractivity contribution in [2.75, 3.05) is 10.7 Å². The third kappa shape index (κ3) is 4.78. The average molecular weight is 416 g/mol. The normalized spacial score (nSPS) is 15.8. The monoisotopic (exact) mass is 415 g/mol. The minimum absolute atomic E-state index is 0.0863. The van der Waals surface area contributed by atoms with Gasteiger partial charge in [-0.15, -0.1) is 0 Å². The largest absolute Gasteiger partial charge is 0.305 e. The smallest absolute Gasteiger partial charge is 0.242 e. The predicted octanol–water partition coefficient (Wildman–Crippen LogP) is 4.70. The maximum atomic E-state index is 13.2. The molecule has 0 saturated heterocycles. The molecule has 1 atom stereocenters. The van der Waals surface area contributed by atoms with Crippen molar-refractivity contribution in [3.8, 4) is 0 Å². The summed E-state index contributed by atoms with van der Waals surface area (Å²) in [6.45, 7) is 0. The number of amidine groups is 1. The fourth-order valence-electron chi connectivity index (χ4n) is 3.29. The molecular formula is C24H21N3O2S. The molecule has 4 rings (SSSR count). The number of aliphatic imine (C=N–C) groups is 1. The van der Waals surface area contributed by atoms with Gasteiger partial charge in [0.1, 0.15) is 0 Å². The van der Waals surface area contributed by atoms with Crippen molar-refractivity contribution < 1.29 is 9.59 Å². The first kappa shape index (κ1) is 19.9. The van der Waals surface area contributed by atoms with Gasteiger partial charge in [-0.25, -0.2) is 0 Å². The van der Waals surface area contributed by atoms with Crippen LogP contribution < -0.4 is 10.2 Å². The summed E-state index contributed by atoms with van der Waals surface area (Å²) < 4.78 is 0. The molecule has 0 fully saturated rings. The molecule has 6 heteroatoms. The number of amides is 2. The zero-order chi connectivity index (χ0) is 20.8. The van der Waals surface area contributed by atoms with Crippen LogP contribution in [0, 0.1) is 0 Å². The van der Waals surface area contributed by atoms with Crippen LogP contribution in [0.5, 0.6) is 0 Å². The fraction of sp³-hybridized carbons (Fsp3) is 0.125. The number of thioether (sulfide) groups is 1. The number of carbonyl (C=O) groups is 2. The van der Waals surface area contributed by atoms with Crippen LogP contribution in [-0.4, -0.2) is 22.7 Å². The van der Waals surface area contributed by atoms with Crippen molar-refractivity contribution in [2.45, 2.75) is 12.5 Å². The molecule has 1 N–H and O–H groups in total. The summed E-state index contributed by atoms with van der Waals surface area (Å²) in [5, 5.41) is 3.27. The molecule has 0 aliphatic carbocycles. The Labute approximate surface area is 179 Å². The minimum Gasteiger partial charge on any atom is -0.305 e. The quantitative estimate of drug-likeness (QED) is 0.657. The second kappa shape index (κ2) is 9.41. The van der Waals surface area contributed by atoms with Crippen molar-refractivity contribution in [1.82, 2.24) is 5.32 Å². The van der Waals surface area contributed by atoms with Gasteiger partial charge < -0.3 is 5.32 Å². The van der Waals surface area contributed by atoms with Crippen LogP contribution >= 0.6 is 11.8 Å². The van der Waals surface area contributed by atoms with E-state index in [1.807, 2.05) is 91.0 Å². The molecule has 0 saturated carbocycles. The Morgan fingerprint density at radius 2 is 1.43 bits per heavy atom. The highest BCUT2D eigenvalue weighted by Crippen LogP contribution is 2.28. The molecule has 0 bridgehead atoms. The van der Waals surface area contributed by atoms with E-state index in [1.54, 1.807) is 4.90 Å². The Morgan fingerprint density at radius 1 is 0.900 bits per heavy atom. The molecule has 1 aliphatic heterocycles. The highest BCUT2D eigenvalue weighted by Gasteiger charge is 2.24. The topological polar surface area (TPSA) is 61.8 Å². The van der Waals surface area contributed by atoms with Gasteiger partial charge in [-0.2, -0.15) is 0 Å². The van der Waals surface area contributed by atoms with Crippen molar-refractivity contribution in [2.24, 2.45) is 4.99 Å². The molecule has 3 aromatic carbocycles. The summed E-state index contributed by atoms with van der Waals surface area (Å²) in [7, 11) is 0. The number of para-hydroxylation sites is 2. The van der Waals surface area contributed by atoms with Crippen LogP contribution in [0.15, 0.2) is 96.0 Å². The van der Waals surface area contributed by atoms with Gasteiger partial charge in [0.15, 0.2) is 5.17 Å². The molecular weight excluding hydrogens is 394 g/mol. The average Bonchev–Trinajstić information content (AvgIpc) is 2.80. The van der Waals surface area contributed by atoms with Gasteiger partial charge in [-0.3, -0.25) is 19.5 Å². The lowest BCUT2D eigenvalue weighted by atomic mass is 10.0. The standard InChI is InChI=1S/C24H21N3O2S/c28-22-16-21(18-10-4-1-5-11-18)25-24(26-22)30-17-23(29)27(19-12-6-2-7-13-19)20-14-8-3-9-15-20/h1-15,21H,16-17H2,(H,25,26,28)/t21-/m1/s1. The first-order valence-corrected chi connectivity index (χ1v) is 10.7. The molecule has 0 aromatic heterocycles. The molecule has 150 valence electrons. The number of rotatable bonds is 5. The summed E-state index contributed by atoms with van der Waals surface area (Å²) in [4.78, 5) is 31.7. The van der Waals surface area contributed by atoms with E-state index < -0.39 is 0 Å². The van der Waals surface area contributed by atoms with E-state index in [0.717, 1.165) is 16.9 Å². The van der Waals surface area contributed by atoms with Crippen LogP contribution in [0.1, 0.15) is 18.0 Å². The Balaban J connectivity index is 1.52. The van der Waals surface area contributed by atoms with Gasteiger partial charge in [-0.1, -0.05) is 78.5 Å². The van der Waals surface area contributed by atoms with Crippen molar-refractivity contribution in [1.29, 1.82) is 0 Å². The first-order valence-electron chi connectivity index (χ1n) is 9.69. The molecule has 5 nitrogen and oxygen atoms in total.